The highest BCUT2D eigenvalue weighted by atomic mass is 16.5. The van der Waals surface area contributed by atoms with Crippen LogP contribution in [0.2, 0.25) is 0 Å². The van der Waals surface area contributed by atoms with Crippen LogP contribution in [0.25, 0.3) is 11.3 Å². The Kier molecular flexibility index (Phi) is 3.30. The summed E-state index contributed by atoms with van der Waals surface area (Å²) >= 11 is 0. The maximum absolute atomic E-state index is 8.92. The molecule has 0 aliphatic heterocycles. The van der Waals surface area contributed by atoms with Crippen LogP contribution in [-0.4, -0.2) is 24.5 Å². The number of rotatable bonds is 4. The Hall–Kier alpha value is -2.01. The quantitative estimate of drug-likeness (QED) is 0.876. The number of aliphatic hydroxyl groups is 1. The summed E-state index contributed by atoms with van der Waals surface area (Å²) in [5.41, 5.74) is 1.41. The lowest BCUT2D eigenvalue weighted by molar-refractivity contribution is 0.229. The topological polar surface area (TPSA) is 64.7 Å². The van der Waals surface area contributed by atoms with Crippen LogP contribution in [0, 0.1) is 0 Å². The minimum Gasteiger partial charge on any atom is -0.497 e. The van der Waals surface area contributed by atoms with Crippen molar-refractivity contribution in [2.24, 2.45) is 0 Å². The van der Waals surface area contributed by atoms with E-state index >= 15 is 0 Å². The fourth-order valence-electron chi connectivity index (χ4n) is 1.52. The number of ether oxygens (including phenoxy) is 2. The third-order valence-electron chi connectivity index (χ3n) is 2.40. The van der Waals surface area contributed by atoms with Gasteiger partial charge in [-0.3, -0.25) is 0 Å². The summed E-state index contributed by atoms with van der Waals surface area (Å²) in [6, 6.07) is 7.08. The Morgan fingerprint density at radius 3 is 2.65 bits per heavy atom. The molecule has 0 unspecified atom stereocenters. The van der Waals surface area contributed by atoms with Gasteiger partial charge in [0.2, 0.25) is 0 Å². The largest absolute Gasteiger partial charge is 0.497 e. The van der Waals surface area contributed by atoms with E-state index in [0.29, 0.717) is 23.0 Å². The van der Waals surface area contributed by atoms with Gasteiger partial charge in [-0.25, -0.2) is 0 Å². The van der Waals surface area contributed by atoms with Crippen LogP contribution in [0.15, 0.2) is 28.8 Å². The lowest BCUT2D eigenvalue weighted by Crippen LogP contribution is -1.90. The zero-order valence-corrected chi connectivity index (χ0v) is 9.64. The number of benzene rings is 1. The molecule has 17 heavy (non-hydrogen) atoms. The van der Waals surface area contributed by atoms with E-state index < -0.39 is 0 Å². The maximum Gasteiger partial charge on any atom is 0.162 e. The van der Waals surface area contributed by atoms with Crippen LogP contribution in [0.1, 0.15) is 5.76 Å². The molecule has 5 nitrogen and oxygen atoms in total. The maximum atomic E-state index is 8.92. The number of hydrogen-bond acceptors (Lipinski definition) is 5. The predicted molar refractivity (Wildman–Crippen MR) is 61.0 cm³/mol. The highest BCUT2D eigenvalue weighted by Gasteiger charge is 2.12. The molecule has 1 heterocycles. The molecule has 2 rings (SSSR count). The molecule has 0 saturated heterocycles. The molecule has 0 fully saturated rings. The van der Waals surface area contributed by atoms with Crippen molar-refractivity contribution in [3.63, 3.8) is 0 Å². The van der Waals surface area contributed by atoms with Gasteiger partial charge in [-0.15, -0.1) is 0 Å². The normalized spacial score (nSPS) is 10.3. The lowest BCUT2D eigenvalue weighted by atomic mass is 10.1. The predicted octanol–water partition coefficient (Wildman–Crippen LogP) is 1.85. The molecule has 1 aromatic carbocycles. The number of aliphatic hydroxyl groups excluding tert-OH is 1. The Bertz CT molecular complexity index is 507. The highest BCUT2D eigenvalue weighted by molar-refractivity contribution is 5.68. The average Bonchev–Trinajstić information content (AvgIpc) is 2.86. The molecule has 0 aliphatic carbocycles. The summed E-state index contributed by atoms with van der Waals surface area (Å²) in [6.07, 6.45) is 0. The summed E-state index contributed by atoms with van der Waals surface area (Å²) in [4.78, 5) is 0. The van der Waals surface area contributed by atoms with E-state index in [1.165, 1.54) is 0 Å². The van der Waals surface area contributed by atoms with Crippen LogP contribution in [0.3, 0.4) is 0 Å². The number of hydrogen-bond donors (Lipinski definition) is 1. The van der Waals surface area contributed by atoms with Crippen molar-refractivity contribution in [1.29, 1.82) is 0 Å². The molecule has 1 aromatic heterocycles. The van der Waals surface area contributed by atoms with Crippen molar-refractivity contribution in [3.05, 3.63) is 30.0 Å². The Morgan fingerprint density at radius 2 is 2.06 bits per heavy atom. The van der Waals surface area contributed by atoms with Crippen molar-refractivity contribution in [3.8, 4) is 22.8 Å². The zero-order valence-electron chi connectivity index (χ0n) is 9.64. The third kappa shape index (κ3) is 2.24. The fourth-order valence-corrected chi connectivity index (χ4v) is 1.52. The van der Waals surface area contributed by atoms with Gasteiger partial charge in [-0.05, 0) is 12.1 Å². The fraction of sp³-hybridized carbons (Fsp3) is 0.250. The first-order chi connectivity index (χ1) is 8.28. The smallest absolute Gasteiger partial charge is 0.162 e. The summed E-state index contributed by atoms with van der Waals surface area (Å²) in [6.45, 7) is -0.175. The first kappa shape index (κ1) is 11.5. The van der Waals surface area contributed by atoms with E-state index in [1.54, 1.807) is 26.4 Å². The summed E-state index contributed by atoms with van der Waals surface area (Å²) < 4.78 is 15.3. The van der Waals surface area contributed by atoms with Gasteiger partial charge >= 0.3 is 0 Å². The second-order valence-electron chi connectivity index (χ2n) is 3.40. The monoisotopic (exact) mass is 235 g/mol. The van der Waals surface area contributed by atoms with Gasteiger partial charge < -0.3 is 19.1 Å². The van der Waals surface area contributed by atoms with E-state index in [2.05, 4.69) is 5.16 Å². The molecule has 0 radical (unpaired) electrons. The minimum atomic E-state index is -0.175. The van der Waals surface area contributed by atoms with Crippen LogP contribution < -0.4 is 9.47 Å². The molecular weight excluding hydrogens is 222 g/mol. The molecule has 90 valence electrons. The van der Waals surface area contributed by atoms with Gasteiger partial charge in [0.05, 0.1) is 14.2 Å². The number of methoxy groups -OCH3 is 2. The molecule has 0 bridgehead atoms. The summed E-state index contributed by atoms with van der Waals surface area (Å²) in [5, 5.41) is 12.8. The average molecular weight is 235 g/mol. The highest BCUT2D eigenvalue weighted by Crippen LogP contribution is 2.32. The molecule has 0 aliphatic rings. The molecule has 0 atom stereocenters. The van der Waals surface area contributed by atoms with Gasteiger partial charge in [0.25, 0.3) is 0 Å². The van der Waals surface area contributed by atoms with Gasteiger partial charge in [-0.2, -0.15) is 0 Å². The number of aromatic nitrogens is 1. The van der Waals surface area contributed by atoms with Crippen LogP contribution in [0.5, 0.6) is 11.5 Å². The second-order valence-corrected chi connectivity index (χ2v) is 3.40. The van der Waals surface area contributed by atoms with E-state index in [4.69, 9.17) is 19.1 Å². The standard InChI is InChI=1S/C12H13NO4/c1-15-8-3-4-10(12(6-8)16-2)11-5-9(7-14)17-13-11/h3-6,14H,7H2,1-2H3. The first-order valence-corrected chi connectivity index (χ1v) is 5.07. The summed E-state index contributed by atoms with van der Waals surface area (Å²) in [7, 11) is 3.17. The molecule has 0 amide bonds. The van der Waals surface area contributed by atoms with Gasteiger partial charge in [0, 0.05) is 17.7 Å². The lowest BCUT2D eigenvalue weighted by Gasteiger charge is -2.07. The Labute approximate surface area is 98.6 Å². The molecule has 1 N–H and O–H groups in total. The first-order valence-electron chi connectivity index (χ1n) is 5.07. The summed E-state index contributed by atoms with van der Waals surface area (Å²) in [5.74, 6) is 1.76. The minimum absolute atomic E-state index is 0.175. The van der Waals surface area contributed by atoms with Crippen LogP contribution in [0.4, 0.5) is 0 Å². The molecular formula is C12H13NO4. The van der Waals surface area contributed by atoms with Crippen molar-refractivity contribution < 1.29 is 19.1 Å². The van der Waals surface area contributed by atoms with Crippen LogP contribution >= 0.6 is 0 Å². The van der Waals surface area contributed by atoms with Crippen molar-refractivity contribution in [2.45, 2.75) is 6.61 Å². The molecule has 0 saturated carbocycles. The van der Waals surface area contributed by atoms with Gasteiger partial charge in [-0.1, -0.05) is 5.16 Å². The molecule has 2 aromatic rings. The van der Waals surface area contributed by atoms with E-state index in [0.717, 1.165) is 5.56 Å². The van der Waals surface area contributed by atoms with E-state index in [9.17, 15) is 0 Å². The SMILES string of the molecule is COc1ccc(-c2cc(CO)on2)c(OC)c1. The van der Waals surface area contributed by atoms with Crippen molar-refractivity contribution in [1.82, 2.24) is 5.16 Å². The van der Waals surface area contributed by atoms with Crippen molar-refractivity contribution >= 4 is 0 Å². The van der Waals surface area contributed by atoms with E-state index in [-0.39, 0.29) is 6.61 Å². The Balaban J connectivity index is 2.43. The van der Waals surface area contributed by atoms with E-state index in [1.807, 2.05) is 12.1 Å². The molecule has 0 spiro atoms. The molecule has 5 heteroatoms. The second kappa shape index (κ2) is 4.88. The van der Waals surface area contributed by atoms with Gasteiger partial charge in [0.1, 0.15) is 23.8 Å². The van der Waals surface area contributed by atoms with Crippen molar-refractivity contribution in [2.75, 3.05) is 14.2 Å². The van der Waals surface area contributed by atoms with Crippen LogP contribution in [-0.2, 0) is 6.61 Å². The zero-order chi connectivity index (χ0) is 12.3. The third-order valence-corrected chi connectivity index (χ3v) is 2.40. The van der Waals surface area contributed by atoms with Gasteiger partial charge in [0.15, 0.2) is 5.76 Å². The number of nitrogens with zero attached hydrogens (tertiary/aromatic N) is 1. The Morgan fingerprint density at radius 1 is 1.24 bits per heavy atom.